The predicted molar refractivity (Wildman–Crippen MR) is 77.1 cm³/mol. The molecule has 1 aromatic rings. The Hall–Kier alpha value is -2.31. The van der Waals surface area contributed by atoms with Crippen molar-refractivity contribution in [2.75, 3.05) is 13.1 Å². The number of hydrogen-bond donors (Lipinski definition) is 1. The molecule has 0 spiro atoms. The van der Waals surface area contributed by atoms with Gasteiger partial charge in [0, 0.05) is 25.1 Å². The minimum atomic E-state index is -4.34. The summed E-state index contributed by atoms with van der Waals surface area (Å²) in [5, 5.41) is 9.08. The number of carboxylic acids is 1. The van der Waals surface area contributed by atoms with Crippen LogP contribution in [-0.4, -0.2) is 41.1 Å². The van der Waals surface area contributed by atoms with Crippen LogP contribution in [0.5, 0.6) is 0 Å². The van der Waals surface area contributed by atoms with Crippen LogP contribution in [-0.2, 0) is 11.2 Å². The second-order valence-electron chi connectivity index (χ2n) is 5.28. The summed E-state index contributed by atoms with van der Waals surface area (Å²) in [5.74, 6) is -1.34. The molecule has 124 valence electrons. The molecular formula is C16H16F3NO3. The van der Waals surface area contributed by atoms with E-state index in [1.807, 2.05) is 0 Å². The Balaban J connectivity index is 1.94. The monoisotopic (exact) mass is 327 g/mol. The van der Waals surface area contributed by atoms with Gasteiger partial charge in [-0.3, -0.25) is 4.79 Å². The number of benzene rings is 1. The molecule has 0 saturated heterocycles. The zero-order valence-corrected chi connectivity index (χ0v) is 12.3. The van der Waals surface area contributed by atoms with Gasteiger partial charge in [0.25, 0.3) is 0 Å². The lowest BCUT2D eigenvalue weighted by molar-refractivity contribution is -0.132. The van der Waals surface area contributed by atoms with Crippen LogP contribution in [0.2, 0.25) is 0 Å². The molecule has 7 heteroatoms. The smallest absolute Gasteiger partial charge is 0.412 e. The van der Waals surface area contributed by atoms with Crippen LogP contribution in [0, 0.1) is 0 Å². The third-order valence-electron chi connectivity index (χ3n) is 3.78. The molecule has 1 amide bonds. The molecule has 0 aromatic heterocycles. The van der Waals surface area contributed by atoms with Gasteiger partial charge in [0.1, 0.15) is 0 Å². The maximum absolute atomic E-state index is 12.5. The predicted octanol–water partition coefficient (Wildman–Crippen LogP) is 3.04. The summed E-state index contributed by atoms with van der Waals surface area (Å²) >= 11 is 0. The lowest BCUT2D eigenvalue weighted by Gasteiger charge is -2.27. The highest BCUT2D eigenvalue weighted by atomic mass is 19.4. The van der Waals surface area contributed by atoms with Crippen molar-refractivity contribution in [1.82, 2.24) is 4.90 Å². The zero-order chi connectivity index (χ0) is 17.0. The van der Waals surface area contributed by atoms with Crippen LogP contribution in [0.1, 0.15) is 28.8 Å². The topological polar surface area (TPSA) is 57.6 Å². The van der Waals surface area contributed by atoms with Gasteiger partial charge in [-0.25, -0.2) is 4.79 Å². The fraction of sp³-hybridized carbons (Fsp3) is 0.375. The molecule has 1 aliphatic rings. The third kappa shape index (κ3) is 4.34. The van der Waals surface area contributed by atoms with Crippen LogP contribution >= 0.6 is 0 Å². The van der Waals surface area contributed by atoms with Crippen molar-refractivity contribution in [3.05, 3.63) is 47.0 Å². The average molecular weight is 327 g/mol. The number of hydrogen-bond acceptors (Lipinski definition) is 2. The second-order valence-corrected chi connectivity index (χ2v) is 5.28. The van der Waals surface area contributed by atoms with Crippen molar-refractivity contribution in [2.45, 2.75) is 25.4 Å². The SMILES string of the molecule is O=C(O)c1ccccc1CCC(=O)N1CC=C(C(F)(F)F)CC1. The van der Waals surface area contributed by atoms with Gasteiger partial charge in [0.15, 0.2) is 0 Å². The normalized spacial score (nSPS) is 15.3. The molecule has 1 aliphatic heterocycles. The maximum atomic E-state index is 12.5. The van der Waals surface area contributed by atoms with Crippen molar-refractivity contribution in [1.29, 1.82) is 0 Å². The van der Waals surface area contributed by atoms with Crippen LogP contribution in [0.25, 0.3) is 0 Å². The molecule has 4 nitrogen and oxygen atoms in total. The highest BCUT2D eigenvalue weighted by Gasteiger charge is 2.35. The quantitative estimate of drug-likeness (QED) is 0.865. The minimum Gasteiger partial charge on any atom is -0.478 e. The van der Waals surface area contributed by atoms with Crippen molar-refractivity contribution in [3.8, 4) is 0 Å². The summed E-state index contributed by atoms with van der Waals surface area (Å²) in [6.45, 7) is -0.0288. The molecule has 0 unspecified atom stereocenters. The molecule has 1 aromatic carbocycles. The molecule has 1 heterocycles. The van der Waals surface area contributed by atoms with E-state index in [0.29, 0.717) is 5.56 Å². The summed E-state index contributed by atoms with van der Waals surface area (Å²) in [6.07, 6.45) is -3.20. The second kappa shape index (κ2) is 6.85. The maximum Gasteiger partial charge on any atom is 0.412 e. The van der Waals surface area contributed by atoms with Crippen molar-refractivity contribution < 1.29 is 27.9 Å². The summed E-state index contributed by atoms with van der Waals surface area (Å²) in [5.41, 5.74) is 0.0767. The largest absolute Gasteiger partial charge is 0.478 e. The van der Waals surface area contributed by atoms with E-state index in [0.717, 1.165) is 6.08 Å². The standard InChI is InChI=1S/C16H16F3NO3/c17-16(18,19)12-7-9-20(10-8-12)14(21)6-5-11-3-1-2-4-13(11)15(22)23/h1-4,7H,5-6,8-10H2,(H,22,23). The number of carboxylic acid groups (broad SMARTS) is 1. The van der Waals surface area contributed by atoms with Gasteiger partial charge >= 0.3 is 12.1 Å². The first-order valence-electron chi connectivity index (χ1n) is 7.14. The Bertz CT molecular complexity index is 638. The number of nitrogens with zero attached hydrogens (tertiary/aromatic N) is 1. The first-order valence-corrected chi connectivity index (χ1v) is 7.14. The lowest BCUT2D eigenvalue weighted by Crippen LogP contribution is -2.36. The Morgan fingerprint density at radius 2 is 1.91 bits per heavy atom. The molecule has 0 radical (unpaired) electrons. The fourth-order valence-corrected chi connectivity index (χ4v) is 2.50. The number of carbonyl (C=O) groups excluding carboxylic acids is 1. The van der Waals surface area contributed by atoms with Gasteiger partial charge < -0.3 is 10.0 Å². The van der Waals surface area contributed by atoms with Crippen molar-refractivity contribution in [2.24, 2.45) is 0 Å². The van der Waals surface area contributed by atoms with Gasteiger partial charge in [-0.15, -0.1) is 0 Å². The molecular weight excluding hydrogens is 311 g/mol. The Labute approximate surface area is 131 Å². The molecule has 0 bridgehead atoms. The minimum absolute atomic E-state index is 0.0325. The summed E-state index contributed by atoms with van der Waals surface area (Å²) in [4.78, 5) is 24.5. The van der Waals surface area contributed by atoms with Crippen LogP contribution < -0.4 is 0 Å². The van der Waals surface area contributed by atoms with E-state index < -0.39 is 17.7 Å². The van der Waals surface area contributed by atoms with Gasteiger partial charge in [-0.1, -0.05) is 24.3 Å². The Morgan fingerprint density at radius 3 is 2.48 bits per heavy atom. The number of rotatable bonds is 4. The molecule has 0 aliphatic carbocycles. The third-order valence-corrected chi connectivity index (χ3v) is 3.78. The molecule has 0 fully saturated rings. The summed E-state index contributed by atoms with van der Waals surface area (Å²) in [7, 11) is 0. The zero-order valence-electron chi connectivity index (χ0n) is 12.3. The number of carbonyl (C=O) groups is 2. The molecule has 2 rings (SSSR count). The van der Waals surface area contributed by atoms with Crippen molar-refractivity contribution >= 4 is 11.9 Å². The molecule has 1 N–H and O–H groups in total. The Morgan fingerprint density at radius 1 is 1.22 bits per heavy atom. The van der Waals surface area contributed by atoms with Gasteiger partial charge in [-0.2, -0.15) is 13.2 Å². The number of halogens is 3. The summed E-state index contributed by atoms with van der Waals surface area (Å²) < 4.78 is 37.6. The van der Waals surface area contributed by atoms with Crippen LogP contribution in [0.15, 0.2) is 35.9 Å². The number of amides is 1. The van der Waals surface area contributed by atoms with Crippen LogP contribution in [0.3, 0.4) is 0 Å². The molecule has 0 atom stereocenters. The van der Waals surface area contributed by atoms with Crippen molar-refractivity contribution in [3.63, 3.8) is 0 Å². The molecule has 23 heavy (non-hydrogen) atoms. The van der Waals surface area contributed by atoms with Crippen LogP contribution in [0.4, 0.5) is 13.2 Å². The van der Waals surface area contributed by atoms with E-state index in [1.165, 1.54) is 11.0 Å². The van der Waals surface area contributed by atoms with E-state index in [4.69, 9.17) is 5.11 Å². The number of alkyl halides is 3. The van der Waals surface area contributed by atoms with Gasteiger partial charge in [-0.05, 0) is 24.5 Å². The van der Waals surface area contributed by atoms with E-state index in [-0.39, 0.29) is 43.8 Å². The number of aromatic carboxylic acids is 1. The van der Waals surface area contributed by atoms with E-state index >= 15 is 0 Å². The lowest BCUT2D eigenvalue weighted by atomic mass is 10.0. The first kappa shape index (κ1) is 17.1. The van der Waals surface area contributed by atoms with E-state index in [9.17, 15) is 22.8 Å². The Kier molecular flexibility index (Phi) is 5.08. The van der Waals surface area contributed by atoms with E-state index in [2.05, 4.69) is 0 Å². The number of aryl methyl sites for hydroxylation is 1. The summed E-state index contributed by atoms with van der Waals surface area (Å²) in [6, 6.07) is 6.38. The molecule has 0 saturated carbocycles. The highest BCUT2D eigenvalue weighted by molar-refractivity contribution is 5.89. The van der Waals surface area contributed by atoms with E-state index in [1.54, 1.807) is 18.2 Å². The van der Waals surface area contributed by atoms with Gasteiger partial charge in [0.05, 0.1) is 5.56 Å². The van der Waals surface area contributed by atoms with Gasteiger partial charge in [0.2, 0.25) is 5.91 Å². The fourth-order valence-electron chi connectivity index (χ4n) is 2.50. The average Bonchev–Trinajstić information content (AvgIpc) is 2.52. The highest BCUT2D eigenvalue weighted by Crippen LogP contribution is 2.30. The first-order chi connectivity index (χ1) is 10.8.